The Hall–Kier alpha value is -2.71. The zero-order valence-electron chi connectivity index (χ0n) is 14.9. The molecule has 0 atom stereocenters. The quantitative estimate of drug-likeness (QED) is 0.428. The van der Waals surface area contributed by atoms with Crippen molar-refractivity contribution in [2.75, 3.05) is 12.5 Å². The van der Waals surface area contributed by atoms with Crippen LogP contribution in [0.5, 0.6) is 17.2 Å². The van der Waals surface area contributed by atoms with Crippen molar-refractivity contribution in [1.82, 2.24) is 14.8 Å². The zero-order chi connectivity index (χ0) is 19.5. The largest absolute Gasteiger partial charge is 0.485 e. The molecule has 28 heavy (non-hydrogen) atoms. The molecule has 9 heteroatoms. The van der Waals surface area contributed by atoms with Crippen LogP contribution in [0.1, 0.15) is 16.2 Å². The highest BCUT2D eigenvalue weighted by Crippen LogP contribution is 2.35. The number of carbonyl (C=O) groups is 1. The van der Waals surface area contributed by atoms with Crippen LogP contribution in [0, 0.1) is 0 Å². The van der Waals surface area contributed by atoms with Crippen LogP contribution >= 0.6 is 23.4 Å². The molecule has 0 spiro atoms. The lowest BCUT2D eigenvalue weighted by molar-refractivity contribution is 0.102. The van der Waals surface area contributed by atoms with Crippen molar-refractivity contribution in [3.8, 4) is 17.2 Å². The molecule has 2 heterocycles. The molecule has 0 N–H and O–H groups in total. The highest BCUT2D eigenvalue weighted by Gasteiger charge is 2.16. The van der Waals surface area contributed by atoms with Gasteiger partial charge in [0.1, 0.15) is 12.4 Å². The highest BCUT2D eigenvalue weighted by atomic mass is 35.5. The smallest absolute Gasteiger partial charge is 0.231 e. The predicted octanol–water partition coefficient (Wildman–Crippen LogP) is 3.75. The van der Waals surface area contributed by atoms with Crippen LogP contribution in [0.3, 0.4) is 0 Å². The molecule has 2 aromatic carbocycles. The SMILES string of the molecule is Cn1c(COc2ccc3c(c2)OCO3)nnc1SCC(=O)c1ccc(Cl)cc1. The van der Waals surface area contributed by atoms with Gasteiger partial charge in [-0.25, -0.2) is 0 Å². The summed E-state index contributed by atoms with van der Waals surface area (Å²) in [6, 6.07) is 12.2. The van der Waals surface area contributed by atoms with E-state index in [2.05, 4.69) is 10.2 Å². The maximum atomic E-state index is 12.3. The van der Waals surface area contributed by atoms with Gasteiger partial charge in [0.25, 0.3) is 0 Å². The Labute approximate surface area is 170 Å². The van der Waals surface area contributed by atoms with E-state index in [-0.39, 0.29) is 24.9 Å². The van der Waals surface area contributed by atoms with Crippen LogP contribution in [0.15, 0.2) is 47.6 Å². The fourth-order valence-electron chi connectivity index (χ4n) is 2.56. The molecular formula is C19H16ClN3O4S. The lowest BCUT2D eigenvalue weighted by atomic mass is 10.1. The number of halogens is 1. The van der Waals surface area contributed by atoms with Crippen molar-refractivity contribution >= 4 is 29.1 Å². The minimum absolute atomic E-state index is 0.00262. The highest BCUT2D eigenvalue weighted by molar-refractivity contribution is 7.99. The molecule has 1 aliphatic heterocycles. The first kappa shape index (κ1) is 18.6. The molecule has 0 saturated carbocycles. The van der Waals surface area contributed by atoms with Gasteiger partial charge in [0.2, 0.25) is 6.79 Å². The molecule has 3 aromatic rings. The number of hydrogen-bond donors (Lipinski definition) is 0. The standard InChI is InChI=1S/C19H16ClN3O4S/c1-23-18(9-25-14-6-7-16-17(8-14)27-11-26-16)21-22-19(23)28-10-15(24)12-2-4-13(20)5-3-12/h2-8H,9-11H2,1H3. The molecule has 7 nitrogen and oxygen atoms in total. The topological polar surface area (TPSA) is 75.5 Å². The number of hydrogen-bond acceptors (Lipinski definition) is 7. The van der Waals surface area contributed by atoms with E-state index in [0.717, 1.165) is 0 Å². The Morgan fingerprint density at radius 1 is 1.18 bits per heavy atom. The summed E-state index contributed by atoms with van der Waals surface area (Å²) in [4.78, 5) is 12.3. The van der Waals surface area contributed by atoms with Gasteiger partial charge in [0, 0.05) is 23.7 Å². The molecule has 4 rings (SSSR count). The lowest BCUT2D eigenvalue weighted by Crippen LogP contribution is -2.06. The van der Waals surface area contributed by atoms with Crippen molar-refractivity contribution in [2.45, 2.75) is 11.8 Å². The molecule has 0 radical (unpaired) electrons. The lowest BCUT2D eigenvalue weighted by Gasteiger charge is -2.07. The van der Waals surface area contributed by atoms with Gasteiger partial charge in [0.15, 0.2) is 28.3 Å². The normalized spacial score (nSPS) is 12.2. The van der Waals surface area contributed by atoms with Crippen molar-refractivity contribution in [2.24, 2.45) is 7.05 Å². The van der Waals surface area contributed by atoms with Gasteiger partial charge in [-0.2, -0.15) is 0 Å². The molecule has 0 bridgehead atoms. The molecule has 0 aliphatic carbocycles. The summed E-state index contributed by atoms with van der Waals surface area (Å²) < 4.78 is 18.2. The van der Waals surface area contributed by atoms with E-state index >= 15 is 0 Å². The zero-order valence-corrected chi connectivity index (χ0v) is 16.5. The van der Waals surface area contributed by atoms with Crippen LogP contribution in [0.2, 0.25) is 5.02 Å². The number of thioether (sulfide) groups is 1. The van der Waals surface area contributed by atoms with E-state index < -0.39 is 0 Å². The van der Waals surface area contributed by atoms with Crippen molar-refractivity contribution in [3.05, 3.63) is 58.9 Å². The minimum atomic E-state index is 0.00262. The second-order valence-corrected chi connectivity index (χ2v) is 7.36. The molecule has 144 valence electrons. The van der Waals surface area contributed by atoms with Gasteiger partial charge in [-0.05, 0) is 36.4 Å². The van der Waals surface area contributed by atoms with Crippen LogP contribution in [-0.4, -0.2) is 33.1 Å². The summed E-state index contributed by atoms with van der Waals surface area (Å²) in [7, 11) is 1.84. The van der Waals surface area contributed by atoms with Crippen LogP contribution in [0.25, 0.3) is 0 Å². The summed E-state index contributed by atoms with van der Waals surface area (Å²) in [6.45, 7) is 0.465. The fraction of sp³-hybridized carbons (Fsp3) is 0.211. The van der Waals surface area contributed by atoms with Crippen LogP contribution in [0.4, 0.5) is 0 Å². The molecule has 0 amide bonds. The average Bonchev–Trinajstić information content (AvgIpc) is 3.31. The fourth-order valence-corrected chi connectivity index (χ4v) is 3.51. The second-order valence-electron chi connectivity index (χ2n) is 5.98. The van der Waals surface area contributed by atoms with Gasteiger partial charge in [-0.3, -0.25) is 4.79 Å². The summed E-state index contributed by atoms with van der Waals surface area (Å²) in [5, 5.41) is 9.54. The summed E-state index contributed by atoms with van der Waals surface area (Å²) in [5.41, 5.74) is 0.616. The van der Waals surface area contributed by atoms with Crippen molar-refractivity contribution < 1.29 is 19.0 Å². The molecular weight excluding hydrogens is 402 g/mol. The number of ketones is 1. The first-order valence-electron chi connectivity index (χ1n) is 8.42. The van der Waals surface area contributed by atoms with E-state index in [1.54, 1.807) is 36.4 Å². The van der Waals surface area contributed by atoms with Gasteiger partial charge < -0.3 is 18.8 Å². The van der Waals surface area contributed by atoms with Gasteiger partial charge in [-0.1, -0.05) is 23.4 Å². The average molecular weight is 418 g/mol. The number of Topliss-reactive ketones (excluding diaryl/α,β-unsaturated/α-hetero) is 1. The van der Waals surface area contributed by atoms with Gasteiger partial charge in [0.05, 0.1) is 5.75 Å². The molecule has 0 saturated heterocycles. The third-order valence-electron chi connectivity index (χ3n) is 4.14. The van der Waals surface area contributed by atoms with E-state index in [1.807, 2.05) is 17.7 Å². The Balaban J connectivity index is 1.35. The molecule has 1 aliphatic rings. The Morgan fingerprint density at radius 2 is 1.96 bits per heavy atom. The van der Waals surface area contributed by atoms with E-state index in [4.69, 9.17) is 25.8 Å². The third kappa shape index (κ3) is 4.07. The Bertz CT molecular complexity index is 1010. The maximum absolute atomic E-state index is 12.3. The first-order chi connectivity index (χ1) is 13.6. The number of fused-ring (bicyclic) bond motifs is 1. The van der Waals surface area contributed by atoms with E-state index in [0.29, 0.717) is 38.8 Å². The third-order valence-corrected chi connectivity index (χ3v) is 5.41. The Kier molecular flexibility index (Phi) is 5.40. The number of benzene rings is 2. The number of carbonyl (C=O) groups excluding carboxylic acids is 1. The number of ether oxygens (including phenoxy) is 3. The van der Waals surface area contributed by atoms with Crippen LogP contribution in [-0.2, 0) is 13.7 Å². The van der Waals surface area contributed by atoms with Gasteiger partial charge in [-0.15, -0.1) is 10.2 Å². The van der Waals surface area contributed by atoms with E-state index in [9.17, 15) is 4.79 Å². The minimum Gasteiger partial charge on any atom is -0.485 e. The molecule has 0 fully saturated rings. The molecule has 0 unspecified atom stereocenters. The number of rotatable bonds is 7. The molecule has 1 aromatic heterocycles. The monoisotopic (exact) mass is 417 g/mol. The number of nitrogens with zero attached hydrogens (tertiary/aromatic N) is 3. The second kappa shape index (κ2) is 8.12. The van der Waals surface area contributed by atoms with Crippen molar-refractivity contribution in [1.29, 1.82) is 0 Å². The van der Waals surface area contributed by atoms with E-state index in [1.165, 1.54) is 11.8 Å². The van der Waals surface area contributed by atoms with Crippen molar-refractivity contribution in [3.63, 3.8) is 0 Å². The maximum Gasteiger partial charge on any atom is 0.231 e. The predicted molar refractivity (Wildman–Crippen MR) is 104 cm³/mol. The first-order valence-corrected chi connectivity index (χ1v) is 9.79. The number of aromatic nitrogens is 3. The van der Waals surface area contributed by atoms with Gasteiger partial charge >= 0.3 is 0 Å². The Morgan fingerprint density at radius 3 is 2.79 bits per heavy atom. The summed E-state index contributed by atoms with van der Waals surface area (Å²) in [5.74, 6) is 2.93. The van der Waals surface area contributed by atoms with Crippen LogP contribution < -0.4 is 14.2 Å². The summed E-state index contributed by atoms with van der Waals surface area (Å²) >= 11 is 7.18. The summed E-state index contributed by atoms with van der Waals surface area (Å²) in [6.07, 6.45) is 0.